The van der Waals surface area contributed by atoms with Crippen LogP contribution in [0.2, 0.25) is 0 Å². The Labute approximate surface area is 108 Å². The van der Waals surface area contributed by atoms with Gasteiger partial charge in [-0.3, -0.25) is 0 Å². The molecule has 1 atom stereocenters. The van der Waals surface area contributed by atoms with Crippen molar-refractivity contribution in [3.8, 4) is 18.1 Å². The van der Waals surface area contributed by atoms with Gasteiger partial charge in [0.2, 0.25) is 0 Å². The van der Waals surface area contributed by atoms with E-state index in [4.69, 9.17) is 20.6 Å². The molecule has 1 heterocycles. The van der Waals surface area contributed by atoms with Crippen LogP contribution in [0.1, 0.15) is 19.4 Å². The molecule has 0 aromatic heterocycles. The van der Waals surface area contributed by atoms with Crippen LogP contribution in [0.15, 0.2) is 24.3 Å². The summed E-state index contributed by atoms with van der Waals surface area (Å²) in [5.74, 6) is 3.28. The third-order valence-electron chi connectivity index (χ3n) is 2.94. The van der Waals surface area contributed by atoms with Gasteiger partial charge in [0.25, 0.3) is 0 Å². The van der Waals surface area contributed by atoms with Gasteiger partial charge in [0, 0.05) is 0 Å². The van der Waals surface area contributed by atoms with E-state index in [2.05, 4.69) is 19.8 Å². The van der Waals surface area contributed by atoms with E-state index in [-0.39, 0.29) is 11.7 Å². The van der Waals surface area contributed by atoms with E-state index in [1.54, 1.807) is 0 Å². The number of benzene rings is 1. The van der Waals surface area contributed by atoms with Gasteiger partial charge < -0.3 is 14.2 Å². The smallest absolute Gasteiger partial charge is 0.121 e. The molecule has 1 fully saturated rings. The van der Waals surface area contributed by atoms with Crippen molar-refractivity contribution in [2.24, 2.45) is 0 Å². The van der Waals surface area contributed by atoms with Gasteiger partial charge in [-0.15, -0.1) is 6.42 Å². The highest BCUT2D eigenvalue weighted by atomic mass is 16.6. The molecule has 0 amide bonds. The average molecular weight is 246 g/mol. The molecule has 0 aliphatic carbocycles. The second-order valence-electron chi connectivity index (χ2n) is 4.86. The van der Waals surface area contributed by atoms with Crippen molar-refractivity contribution in [3.05, 3.63) is 29.8 Å². The molecule has 1 aliphatic rings. The Hall–Kier alpha value is -1.50. The van der Waals surface area contributed by atoms with Crippen LogP contribution >= 0.6 is 0 Å². The molecule has 0 bridgehead atoms. The van der Waals surface area contributed by atoms with Crippen molar-refractivity contribution >= 4 is 0 Å². The molecule has 1 saturated heterocycles. The van der Waals surface area contributed by atoms with Crippen molar-refractivity contribution in [1.29, 1.82) is 0 Å². The van der Waals surface area contributed by atoms with E-state index in [9.17, 15) is 0 Å². The molecule has 1 aliphatic heterocycles. The number of terminal acetylenes is 1. The maximum atomic E-state index is 5.65. The fraction of sp³-hybridized carbons (Fsp3) is 0.467. The molecule has 2 rings (SSSR count). The lowest BCUT2D eigenvalue weighted by atomic mass is 10.1. The Morgan fingerprint density at radius 2 is 2.00 bits per heavy atom. The first kappa shape index (κ1) is 12.9. The summed E-state index contributed by atoms with van der Waals surface area (Å²) >= 11 is 0. The quantitative estimate of drug-likeness (QED) is 0.439. The minimum atomic E-state index is -0.0248. The summed E-state index contributed by atoms with van der Waals surface area (Å²) in [7, 11) is 0. The maximum absolute atomic E-state index is 5.65. The van der Waals surface area contributed by atoms with Crippen LogP contribution in [0.5, 0.6) is 5.75 Å². The molecular weight excluding hydrogens is 228 g/mol. The number of epoxide rings is 1. The van der Waals surface area contributed by atoms with Crippen molar-refractivity contribution in [2.75, 3.05) is 13.2 Å². The summed E-state index contributed by atoms with van der Waals surface area (Å²) < 4.78 is 16.3. The monoisotopic (exact) mass is 246 g/mol. The first-order chi connectivity index (χ1) is 8.62. The first-order valence-electron chi connectivity index (χ1n) is 6.02. The van der Waals surface area contributed by atoms with E-state index in [1.165, 1.54) is 0 Å². The largest absolute Gasteiger partial charge is 0.491 e. The standard InChI is InChI=1S/C15H18O3/c1-4-9-16-10-12-5-7-13(8-6-12)17-11-14-15(2,3)18-14/h1,5-8,14H,9-11H2,2-3H3. The van der Waals surface area contributed by atoms with Crippen LogP contribution in [0.3, 0.4) is 0 Å². The molecule has 1 aromatic carbocycles. The third kappa shape index (κ3) is 3.49. The number of hydrogen-bond acceptors (Lipinski definition) is 3. The minimum Gasteiger partial charge on any atom is -0.491 e. The van der Waals surface area contributed by atoms with Crippen LogP contribution in [0, 0.1) is 12.3 Å². The van der Waals surface area contributed by atoms with Crippen LogP contribution < -0.4 is 4.74 Å². The Morgan fingerprint density at radius 3 is 2.56 bits per heavy atom. The van der Waals surface area contributed by atoms with Gasteiger partial charge in [0.1, 0.15) is 25.1 Å². The Bertz CT molecular complexity index is 428. The summed E-state index contributed by atoms with van der Waals surface area (Å²) in [5.41, 5.74) is 1.06. The molecule has 0 spiro atoms. The molecule has 3 heteroatoms. The molecule has 1 aromatic rings. The molecule has 18 heavy (non-hydrogen) atoms. The molecule has 1 unspecified atom stereocenters. The van der Waals surface area contributed by atoms with Crippen LogP contribution in [-0.2, 0) is 16.1 Å². The molecule has 0 radical (unpaired) electrons. The van der Waals surface area contributed by atoms with Gasteiger partial charge >= 0.3 is 0 Å². The van der Waals surface area contributed by atoms with E-state index in [0.29, 0.717) is 19.8 Å². The van der Waals surface area contributed by atoms with Gasteiger partial charge in [0.15, 0.2) is 0 Å². The second kappa shape index (κ2) is 5.43. The van der Waals surface area contributed by atoms with Crippen LogP contribution in [0.4, 0.5) is 0 Å². The summed E-state index contributed by atoms with van der Waals surface area (Å²) in [4.78, 5) is 0. The SMILES string of the molecule is C#CCOCc1ccc(OCC2OC2(C)C)cc1. The highest BCUT2D eigenvalue weighted by molar-refractivity contribution is 5.27. The van der Waals surface area contributed by atoms with Gasteiger partial charge in [-0.05, 0) is 31.5 Å². The predicted octanol–water partition coefficient (Wildman–Crippen LogP) is 2.39. The van der Waals surface area contributed by atoms with E-state index < -0.39 is 0 Å². The van der Waals surface area contributed by atoms with Crippen molar-refractivity contribution in [3.63, 3.8) is 0 Å². The highest BCUT2D eigenvalue weighted by Gasteiger charge is 2.48. The Balaban J connectivity index is 1.75. The van der Waals surface area contributed by atoms with Gasteiger partial charge in [-0.2, -0.15) is 0 Å². The van der Waals surface area contributed by atoms with E-state index in [0.717, 1.165) is 11.3 Å². The molecular formula is C15H18O3. The van der Waals surface area contributed by atoms with E-state index in [1.807, 2.05) is 24.3 Å². The normalized spacial score (nSPS) is 20.2. The second-order valence-corrected chi connectivity index (χ2v) is 4.86. The highest BCUT2D eigenvalue weighted by Crippen LogP contribution is 2.35. The number of hydrogen-bond donors (Lipinski definition) is 0. The zero-order valence-electron chi connectivity index (χ0n) is 10.8. The summed E-state index contributed by atoms with van der Waals surface area (Å²) in [6, 6.07) is 7.82. The van der Waals surface area contributed by atoms with Gasteiger partial charge in [-0.1, -0.05) is 18.1 Å². The third-order valence-corrected chi connectivity index (χ3v) is 2.94. The Morgan fingerprint density at radius 1 is 1.33 bits per heavy atom. The lowest BCUT2D eigenvalue weighted by Gasteiger charge is -2.06. The van der Waals surface area contributed by atoms with Crippen molar-refractivity contribution in [1.82, 2.24) is 0 Å². The number of rotatable bonds is 6. The van der Waals surface area contributed by atoms with Crippen LogP contribution in [-0.4, -0.2) is 24.9 Å². The van der Waals surface area contributed by atoms with E-state index >= 15 is 0 Å². The summed E-state index contributed by atoms with van der Waals surface area (Å²) in [6.45, 7) is 5.59. The average Bonchev–Trinajstić information content (AvgIpc) is 2.96. The zero-order chi connectivity index (χ0) is 13.0. The van der Waals surface area contributed by atoms with Gasteiger partial charge in [-0.25, -0.2) is 0 Å². The Kier molecular flexibility index (Phi) is 3.90. The van der Waals surface area contributed by atoms with Crippen LogP contribution in [0.25, 0.3) is 0 Å². The lowest BCUT2D eigenvalue weighted by molar-refractivity contribution is 0.153. The minimum absolute atomic E-state index is 0.0248. The lowest BCUT2D eigenvalue weighted by Crippen LogP contribution is -2.12. The fourth-order valence-corrected chi connectivity index (χ4v) is 1.65. The topological polar surface area (TPSA) is 31.0 Å². The summed E-state index contributed by atoms with van der Waals surface area (Å²) in [6.07, 6.45) is 5.31. The fourth-order valence-electron chi connectivity index (χ4n) is 1.65. The summed E-state index contributed by atoms with van der Waals surface area (Å²) in [5, 5.41) is 0. The molecule has 3 nitrogen and oxygen atoms in total. The molecule has 0 saturated carbocycles. The maximum Gasteiger partial charge on any atom is 0.121 e. The molecule has 0 N–H and O–H groups in total. The number of ether oxygens (including phenoxy) is 3. The predicted molar refractivity (Wildman–Crippen MR) is 69.4 cm³/mol. The molecule has 96 valence electrons. The van der Waals surface area contributed by atoms with Gasteiger partial charge in [0.05, 0.1) is 12.2 Å². The van der Waals surface area contributed by atoms with Crippen molar-refractivity contribution < 1.29 is 14.2 Å². The first-order valence-corrected chi connectivity index (χ1v) is 6.02. The van der Waals surface area contributed by atoms with Crippen molar-refractivity contribution in [2.45, 2.75) is 32.2 Å². The zero-order valence-corrected chi connectivity index (χ0v) is 10.8.